The van der Waals surface area contributed by atoms with Gasteiger partial charge in [0.2, 0.25) is 0 Å². The van der Waals surface area contributed by atoms with Crippen molar-refractivity contribution in [3.05, 3.63) is 84.0 Å². The molecule has 0 aromatic heterocycles. The second-order valence-corrected chi connectivity index (χ2v) is 3.67. The molecule has 2 aromatic rings. The normalized spacial score (nSPS) is 10.3. The molecule has 0 unspecified atom stereocenters. The van der Waals surface area contributed by atoms with Gasteiger partial charge in [0.15, 0.2) is 0 Å². The summed E-state index contributed by atoms with van der Waals surface area (Å²) in [5.74, 6) is 0. The topological polar surface area (TPSA) is 0 Å². The minimum atomic E-state index is 0. The van der Waals surface area contributed by atoms with Gasteiger partial charge in [0, 0.05) is 0 Å². The molecule has 0 aliphatic carbocycles. The van der Waals surface area contributed by atoms with Gasteiger partial charge in [-0.25, -0.2) is 24.3 Å². The van der Waals surface area contributed by atoms with E-state index in [0.717, 1.165) is 0 Å². The van der Waals surface area contributed by atoms with E-state index in [9.17, 15) is 0 Å². The van der Waals surface area contributed by atoms with Crippen LogP contribution in [0.5, 0.6) is 0 Å². The van der Waals surface area contributed by atoms with Crippen molar-refractivity contribution >= 4 is 0 Å². The summed E-state index contributed by atoms with van der Waals surface area (Å²) in [5.41, 5.74) is 2.38. The second kappa shape index (κ2) is 15.0. The number of allylic oxidation sites excluding steroid dienone is 4. The Balaban J connectivity index is 0. The van der Waals surface area contributed by atoms with Crippen LogP contribution in [0.3, 0.4) is 0 Å². The molecule has 2 aromatic carbocycles. The molecule has 2 rings (SSSR count). The van der Waals surface area contributed by atoms with Crippen LogP contribution >= 0.6 is 0 Å². The van der Waals surface area contributed by atoms with Crippen molar-refractivity contribution in [3.8, 4) is 0 Å². The monoisotopic (exact) mass is 286 g/mol. The van der Waals surface area contributed by atoms with Crippen LogP contribution in [0.15, 0.2) is 71.8 Å². The fraction of sp³-hybridized carbons (Fsp3) is 0.222. The van der Waals surface area contributed by atoms with Crippen molar-refractivity contribution in [3.63, 3.8) is 0 Å². The molecule has 0 saturated heterocycles. The summed E-state index contributed by atoms with van der Waals surface area (Å²) in [6, 6.07) is 20.0. The van der Waals surface area contributed by atoms with Gasteiger partial charge in [0.25, 0.3) is 0 Å². The third-order valence-electron chi connectivity index (χ3n) is 2.42. The zero-order valence-corrected chi connectivity index (χ0v) is 13.8. The number of rotatable bonds is 1. The fourth-order valence-electron chi connectivity index (χ4n) is 1.02. The van der Waals surface area contributed by atoms with Gasteiger partial charge in [-0.3, -0.25) is 0 Å². The molecule has 0 bridgehead atoms. The van der Waals surface area contributed by atoms with E-state index in [2.05, 4.69) is 12.2 Å². The minimum absolute atomic E-state index is 0. The van der Waals surface area contributed by atoms with Gasteiger partial charge in [-0.05, 0) is 0 Å². The molecule has 0 nitrogen and oxygen atoms in total. The maximum atomic E-state index is 3.03. The van der Waals surface area contributed by atoms with Crippen LogP contribution in [-0.2, 0) is 21.7 Å². The Morgan fingerprint density at radius 2 is 0.947 bits per heavy atom. The van der Waals surface area contributed by atoms with E-state index in [4.69, 9.17) is 0 Å². The van der Waals surface area contributed by atoms with Gasteiger partial charge < -0.3 is 23.3 Å². The van der Waals surface area contributed by atoms with Crippen molar-refractivity contribution in [2.24, 2.45) is 0 Å². The second-order valence-electron chi connectivity index (χ2n) is 3.67. The Morgan fingerprint density at radius 1 is 0.684 bits per heavy atom. The van der Waals surface area contributed by atoms with Crippen LogP contribution in [0.25, 0.3) is 0 Å². The van der Waals surface area contributed by atoms with Crippen LogP contribution < -0.4 is 0 Å². The summed E-state index contributed by atoms with van der Waals surface area (Å²) >= 11 is 0. The Morgan fingerprint density at radius 3 is 1.05 bits per heavy atom. The minimum Gasteiger partial charge on any atom is -0.376 e. The summed E-state index contributed by atoms with van der Waals surface area (Å²) < 4.78 is 0. The van der Waals surface area contributed by atoms with E-state index >= 15 is 0 Å². The Bertz CT molecular complexity index is 326. The Labute approximate surface area is 133 Å². The third kappa shape index (κ3) is 13.1. The Hall–Kier alpha value is -1.11. The first-order valence-electron chi connectivity index (χ1n) is 6.08. The van der Waals surface area contributed by atoms with Crippen LogP contribution in [0.4, 0.5) is 0 Å². The molecule has 0 fully saturated rings. The largest absolute Gasteiger partial charge is 4.00 e. The molecule has 0 aliphatic rings. The van der Waals surface area contributed by atoms with Crippen molar-refractivity contribution in [1.82, 2.24) is 0 Å². The zero-order valence-electron chi connectivity index (χ0n) is 12.3. The summed E-state index contributed by atoms with van der Waals surface area (Å²) in [5, 5.41) is 0. The first-order chi connectivity index (χ1) is 8.72. The third-order valence-corrected chi connectivity index (χ3v) is 2.42. The quantitative estimate of drug-likeness (QED) is 0.377. The zero-order chi connectivity index (χ0) is 13.6. The predicted octanol–water partition coefficient (Wildman–Crippen LogP) is 5.33. The maximum Gasteiger partial charge on any atom is 4.00 e. The number of hydrogen-bond donors (Lipinski definition) is 0. The van der Waals surface area contributed by atoms with Gasteiger partial charge in [-0.1, -0.05) is 0 Å². The summed E-state index contributed by atoms with van der Waals surface area (Å²) in [6.45, 7) is 7.89. The molecule has 1 heteroatoms. The van der Waals surface area contributed by atoms with Crippen LogP contribution in [0, 0.1) is 12.2 Å². The smallest absolute Gasteiger partial charge is 0.376 e. The van der Waals surface area contributed by atoms with Crippen LogP contribution in [-0.4, -0.2) is 0 Å². The predicted molar refractivity (Wildman–Crippen MR) is 80.3 cm³/mol. The molecule has 0 saturated carbocycles. The SMILES string of the molecule is C[C-]=C(C)C(C)=[C-]C.[Ti+4].c1cc[cH-]c1.c1cc[cH-]c1. The van der Waals surface area contributed by atoms with Gasteiger partial charge in [-0.2, -0.15) is 36.4 Å². The van der Waals surface area contributed by atoms with Crippen molar-refractivity contribution in [2.75, 3.05) is 0 Å². The van der Waals surface area contributed by atoms with E-state index in [0.29, 0.717) is 0 Å². The van der Waals surface area contributed by atoms with Crippen LogP contribution in [0.1, 0.15) is 27.7 Å². The average molecular weight is 286 g/mol. The van der Waals surface area contributed by atoms with E-state index in [1.165, 1.54) is 11.1 Å². The molecule has 0 aliphatic heterocycles. The Kier molecular flexibility index (Phi) is 15.9. The molecule has 0 N–H and O–H groups in total. The molecular weight excluding hydrogens is 264 g/mol. The standard InChI is InChI=1S/C8H12.2C5H5.Ti/c1-5-7(3)8(4)6-2;2*1-2-4-5-3-1;/h1-4H3;2*1-5H;/q-2;2*-1;+4. The fourth-order valence-corrected chi connectivity index (χ4v) is 1.02. The van der Waals surface area contributed by atoms with Gasteiger partial charge in [0.05, 0.1) is 0 Å². The van der Waals surface area contributed by atoms with Gasteiger partial charge >= 0.3 is 21.7 Å². The maximum absolute atomic E-state index is 3.03. The van der Waals surface area contributed by atoms with E-state index in [1.807, 2.05) is 88.4 Å². The van der Waals surface area contributed by atoms with Crippen molar-refractivity contribution in [2.45, 2.75) is 27.7 Å². The molecule has 0 spiro atoms. The van der Waals surface area contributed by atoms with Gasteiger partial charge in [-0.15, -0.1) is 27.7 Å². The average Bonchev–Trinajstić information content (AvgIpc) is 3.12. The first kappa shape index (κ1) is 20.2. The summed E-state index contributed by atoms with van der Waals surface area (Å²) in [4.78, 5) is 0. The van der Waals surface area contributed by atoms with Crippen molar-refractivity contribution in [1.29, 1.82) is 0 Å². The van der Waals surface area contributed by atoms with Gasteiger partial charge in [0.1, 0.15) is 0 Å². The molecule has 0 amide bonds. The molecule has 98 valence electrons. The molecule has 0 heterocycles. The summed E-state index contributed by atoms with van der Waals surface area (Å²) in [6.07, 6.45) is 6.07. The molecule has 19 heavy (non-hydrogen) atoms. The summed E-state index contributed by atoms with van der Waals surface area (Å²) in [7, 11) is 0. The van der Waals surface area contributed by atoms with Crippen LogP contribution in [0.2, 0.25) is 0 Å². The molecular formula is C18H22Ti. The van der Waals surface area contributed by atoms with E-state index < -0.39 is 0 Å². The molecule has 0 atom stereocenters. The van der Waals surface area contributed by atoms with Crippen molar-refractivity contribution < 1.29 is 21.7 Å². The first-order valence-corrected chi connectivity index (χ1v) is 6.08. The molecule has 0 radical (unpaired) electrons. The number of hydrogen-bond acceptors (Lipinski definition) is 0. The van der Waals surface area contributed by atoms with E-state index in [-0.39, 0.29) is 21.7 Å². The van der Waals surface area contributed by atoms with E-state index in [1.54, 1.807) is 0 Å².